The minimum Gasteiger partial charge on any atom is -0.379 e. The molecule has 6 heteroatoms. The fourth-order valence-electron chi connectivity index (χ4n) is 2.88. The summed E-state index contributed by atoms with van der Waals surface area (Å²) in [5.74, 6) is 1.28. The quantitative estimate of drug-likeness (QED) is 0.835. The van der Waals surface area contributed by atoms with Crippen molar-refractivity contribution < 1.29 is 9.53 Å². The Morgan fingerprint density at radius 2 is 2.25 bits per heavy atom. The molecular weight excluding hydrogens is 256 g/mol. The number of morpholine rings is 1. The molecule has 0 spiro atoms. The second kappa shape index (κ2) is 6.37. The number of carbonyl (C=O) groups is 1. The molecular formula is C14H22N4O2. The first-order valence-corrected chi connectivity index (χ1v) is 7.41. The average Bonchev–Trinajstić information content (AvgIpc) is 2.95. The van der Waals surface area contributed by atoms with Crippen LogP contribution in [-0.2, 0) is 22.5 Å². The summed E-state index contributed by atoms with van der Waals surface area (Å²) < 4.78 is 7.45. The molecule has 6 nitrogen and oxygen atoms in total. The van der Waals surface area contributed by atoms with E-state index in [1.807, 2.05) is 12.4 Å². The van der Waals surface area contributed by atoms with Crippen LogP contribution in [-0.4, -0.2) is 59.8 Å². The van der Waals surface area contributed by atoms with Gasteiger partial charge < -0.3 is 14.6 Å². The third-order valence-electron chi connectivity index (χ3n) is 4.15. The Morgan fingerprint density at radius 1 is 1.40 bits per heavy atom. The Kier molecular flexibility index (Phi) is 4.32. The van der Waals surface area contributed by atoms with Gasteiger partial charge in [0.1, 0.15) is 5.82 Å². The smallest absolute Gasteiger partial charge is 0.223 e. The summed E-state index contributed by atoms with van der Waals surface area (Å²) in [7, 11) is 0. The number of fused-ring (bicyclic) bond motifs is 1. The number of carbonyl (C=O) groups excluding carboxylic acids is 1. The molecule has 1 fully saturated rings. The van der Waals surface area contributed by atoms with Gasteiger partial charge in [0.25, 0.3) is 0 Å². The van der Waals surface area contributed by atoms with Crippen LogP contribution in [0.5, 0.6) is 0 Å². The van der Waals surface area contributed by atoms with Crippen molar-refractivity contribution in [1.29, 1.82) is 0 Å². The second-order valence-corrected chi connectivity index (χ2v) is 5.47. The maximum Gasteiger partial charge on any atom is 0.223 e. The first kappa shape index (κ1) is 13.6. The Labute approximate surface area is 119 Å². The van der Waals surface area contributed by atoms with Gasteiger partial charge in [0.2, 0.25) is 5.91 Å². The number of rotatable bonds is 4. The van der Waals surface area contributed by atoms with Crippen molar-refractivity contribution in [3.8, 4) is 0 Å². The van der Waals surface area contributed by atoms with Crippen LogP contribution < -0.4 is 5.32 Å². The number of aryl methyl sites for hydroxylation is 1. The van der Waals surface area contributed by atoms with E-state index in [1.54, 1.807) is 0 Å². The Bertz CT molecular complexity index is 454. The molecule has 1 unspecified atom stereocenters. The van der Waals surface area contributed by atoms with Gasteiger partial charge >= 0.3 is 0 Å². The number of ether oxygens (including phenoxy) is 1. The maximum atomic E-state index is 12.2. The van der Waals surface area contributed by atoms with Crippen LogP contribution in [0.1, 0.15) is 12.2 Å². The van der Waals surface area contributed by atoms with Crippen molar-refractivity contribution in [1.82, 2.24) is 19.8 Å². The van der Waals surface area contributed by atoms with Crippen molar-refractivity contribution in [2.75, 3.05) is 39.4 Å². The van der Waals surface area contributed by atoms with E-state index in [9.17, 15) is 4.79 Å². The number of imidazole rings is 1. The predicted octanol–water partition coefficient (Wildman–Crippen LogP) is -0.106. The Balaban J connectivity index is 1.41. The van der Waals surface area contributed by atoms with Crippen LogP contribution in [0.4, 0.5) is 0 Å². The lowest BCUT2D eigenvalue weighted by Crippen LogP contribution is -2.43. The summed E-state index contributed by atoms with van der Waals surface area (Å²) in [6, 6.07) is 0. The third-order valence-corrected chi connectivity index (χ3v) is 4.15. The summed E-state index contributed by atoms with van der Waals surface area (Å²) in [4.78, 5) is 18.8. The van der Waals surface area contributed by atoms with Crippen LogP contribution >= 0.6 is 0 Å². The molecule has 1 aromatic heterocycles. The van der Waals surface area contributed by atoms with Crippen molar-refractivity contribution in [2.24, 2.45) is 5.92 Å². The number of nitrogens with one attached hydrogen (secondary N) is 1. The molecule has 0 radical (unpaired) electrons. The summed E-state index contributed by atoms with van der Waals surface area (Å²) in [6.07, 6.45) is 5.47. The minimum absolute atomic E-state index is 0.0783. The standard InChI is InChI=1S/C14H22N4O2/c19-14(16-2-5-17-7-9-20-10-8-17)12-1-4-18-6-3-15-13(18)11-12/h3,6,12H,1-2,4-5,7-11H2,(H,16,19). The lowest BCUT2D eigenvalue weighted by molar-refractivity contribution is -0.125. The average molecular weight is 278 g/mol. The largest absolute Gasteiger partial charge is 0.379 e. The van der Waals surface area contributed by atoms with E-state index >= 15 is 0 Å². The normalized spacial score (nSPS) is 23.3. The molecule has 110 valence electrons. The number of aromatic nitrogens is 2. The fourth-order valence-corrected chi connectivity index (χ4v) is 2.88. The number of amides is 1. The number of nitrogens with zero attached hydrogens (tertiary/aromatic N) is 3. The molecule has 0 saturated carbocycles. The highest BCUT2D eigenvalue weighted by Crippen LogP contribution is 2.18. The van der Waals surface area contributed by atoms with E-state index in [4.69, 9.17) is 4.74 Å². The minimum atomic E-state index is 0.0783. The highest BCUT2D eigenvalue weighted by molar-refractivity contribution is 5.78. The highest BCUT2D eigenvalue weighted by Gasteiger charge is 2.25. The zero-order chi connectivity index (χ0) is 13.8. The summed E-state index contributed by atoms with van der Waals surface area (Å²) >= 11 is 0. The van der Waals surface area contributed by atoms with Crippen molar-refractivity contribution in [2.45, 2.75) is 19.4 Å². The van der Waals surface area contributed by atoms with Gasteiger partial charge in [-0.2, -0.15) is 0 Å². The Hall–Kier alpha value is -1.40. The number of hydrogen-bond acceptors (Lipinski definition) is 4. The Morgan fingerprint density at radius 3 is 3.10 bits per heavy atom. The zero-order valence-corrected chi connectivity index (χ0v) is 11.8. The van der Waals surface area contributed by atoms with Crippen LogP contribution in [0.15, 0.2) is 12.4 Å². The number of hydrogen-bond donors (Lipinski definition) is 1. The molecule has 0 aromatic carbocycles. The SMILES string of the molecule is O=C(NCCN1CCOCC1)C1CCn2ccnc2C1. The third kappa shape index (κ3) is 3.19. The van der Waals surface area contributed by atoms with E-state index in [0.29, 0.717) is 0 Å². The van der Waals surface area contributed by atoms with Crippen LogP contribution in [0.25, 0.3) is 0 Å². The molecule has 2 aliphatic heterocycles. The van der Waals surface area contributed by atoms with E-state index in [2.05, 4.69) is 19.8 Å². The van der Waals surface area contributed by atoms with Gasteiger partial charge in [-0.25, -0.2) is 4.98 Å². The van der Waals surface area contributed by atoms with E-state index in [1.165, 1.54) is 0 Å². The van der Waals surface area contributed by atoms with Gasteiger partial charge in [-0.05, 0) is 6.42 Å². The second-order valence-electron chi connectivity index (χ2n) is 5.47. The molecule has 3 rings (SSSR count). The molecule has 2 aliphatic rings. The van der Waals surface area contributed by atoms with Crippen LogP contribution in [0.2, 0.25) is 0 Å². The van der Waals surface area contributed by atoms with Crippen LogP contribution in [0, 0.1) is 5.92 Å². The van der Waals surface area contributed by atoms with Crippen molar-refractivity contribution in [3.63, 3.8) is 0 Å². The van der Waals surface area contributed by atoms with Crippen LogP contribution in [0.3, 0.4) is 0 Å². The predicted molar refractivity (Wildman–Crippen MR) is 74.3 cm³/mol. The zero-order valence-electron chi connectivity index (χ0n) is 11.8. The van der Waals surface area contributed by atoms with Gasteiger partial charge in [-0.15, -0.1) is 0 Å². The topological polar surface area (TPSA) is 59.4 Å². The van der Waals surface area contributed by atoms with Crippen molar-refractivity contribution in [3.05, 3.63) is 18.2 Å². The van der Waals surface area contributed by atoms with Crippen molar-refractivity contribution >= 4 is 5.91 Å². The lowest BCUT2D eigenvalue weighted by Gasteiger charge is -2.27. The van der Waals surface area contributed by atoms with E-state index < -0.39 is 0 Å². The van der Waals surface area contributed by atoms with Gasteiger partial charge in [0.15, 0.2) is 0 Å². The molecule has 3 heterocycles. The van der Waals surface area contributed by atoms with Gasteiger partial charge in [-0.1, -0.05) is 0 Å². The molecule has 0 aliphatic carbocycles. The summed E-state index contributed by atoms with van der Waals surface area (Å²) in [6.45, 7) is 6.09. The van der Waals surface area contributed by atoms with Gasteiger partial charge in [-0.3, -0.25) is 9.69 Å². The summed E-state index contributed by atoms with van der Waals surface area (Å²) in [5, 5.41) is 3.06. The molecule has 1 saturated heterocycles. The first-order valence-electron chi connectivity index (χ1n) is 7.41. The highest BCUT2D eigenvalue weighted by atomic mass is 16.5. The monoisotopic (exact) mass is 278 g/mol. The molecule has 1 amide bonds. The molecule has 1 N–H and O–H groups in total. The van der Waals surface area contributed by atoms with Gasteiger partial charge in [0, 0.05) is 57.5 Å². The lowest BCUT2D eigenvalue weighted by atomic mass is 9.97. The molecule has 20 heavy (non-hydrogen) atoms. The molecule has 0 bridgehead atoms. The molecule has 1 atom stereocenters. The first-order chi connectivity index (χ1) is 9.83. The maximum absolute atomic E-state index is 12.2. The van der Waals surface area contributed by atoms with E-state index in [0.717, 1.165) is 64.6 Å². The summed E-state index contributed by atoms with van der Waals surface area (Å²) in [5.41, 5.74) is 0. The molecule has 1 aromatic rings. The van der Waals surface area contributed by atoms with Gasteiger partial charge in [0.05, 0.1) is 13.2 Å². The fraction of sp³-hybridized carbons (Fsp3) is 0.714. The van der Waals surface area contributed by atoms with E-state index in [-0.39, 0.29) is 11.8 Å².